The second-order valence-corrected chi connectivity index (χ2v) is 5.96. The first kappa shape index (κ1) is 18.8. The third-order valence-electron chi connectivity index (χ3n) is 3.32. The molecule has 0 spiro atoms. The number of hydrogen-bond donors (Lipinski definition) is 0. The van der Waals surface area contributed by atoms with Gasteiger partial charge in [-0.3, -0.25) is 4.79 Å². The number of rotatable bonds is 13. The number of unbranched alkanes of at least 4 members (excludes halogenated alkanes) is 7. The van der Waals surface area contributed by atoms with Crippen molar-refractivity contribution in [2.75, 3.05) is 6.61 Å². The van der Waals surface area contributed by atoms with Gasteiger partial charge in [0.1, 0.15) is 0 Å². The van der Waals surface area contributed by atoms with Crippen molar-refractivity contribution in [3.63, 3.8) is 0 Å². The molecule has 0 heterocycles. The van der Waals surface area contributed by atoms with Crippen LogP contribution in [0.1, 0.15) is 84.5 Å². The third kappa shape index (κ3) is 15.7. The highest BCUT2D eigenvalue weighted by Gasteiger charge is 2.02. The molecule has 3 heteroatoms. The fourth-order valence-electron chi connectivity index (χ4n) is 2.20. The predicted molar refractivity (Wildman–Crippen MR) is 82.7 cm³/mol. The second kappa shape index (κ2) is 14.2. The molecule has 0 N–H and O–H groups in total. The molecule has 0 amide bonds. The maximum absolute atomic E-state index is 10.5. The lowest BCUT2D eigenvalue weighted by molar-refractivity contribution is -0.141. The van der Waals surface area contributed by atoms with Crippen LogP contribution in [-0.2, 0) is 9.53 Å². The molecule has 0 radical (unpaired) electrons. The smallest absolute Gasteiger partial charge is 0.302 e. The number of esters is 1. The Morgan fingerprint density at radius 2 is 1.47 bits per heavy atom. The van der Waals surface area contributed by atoms with Gasteiger partial charge in [-0.2, -0.15) is 0 Å². The molecule has 0 aliphatic rings. The van der Waals surface area contributed by atoms with Gasteiger partial charge in [-0.25, -0.2) is 0 Å². The standard InChI is InChI=1S/C16H31ClO2/c1-3-12-16(17)13-10-8-6-4-5-7-9-11-14-19-15(2)18/h16H,3-14H2,1-2H3. The van der Waals surface area contributed by atoms with Crippen LogP contribution >= 0.6 is 11.6 Å². The minimum atomic E-state index is -0.166. The zero-order valence-corrected chi connectivity index (χ0v) is 13.5. The molecule has 19 heavy (non-hydrogen) atoms. The first-order valence-electron chi connectivity index (χ1n) is 7.94. The highest BCUT2D eigenvalue weighted by molar-refractivity contribution is 6.20. The SMILES string of the molecule is CCCC(Cl)CCCCCCCCCCOC(C)=O. The van der Waals surface area contributed by atoms with Gasteiger partial charge >= 0.3 is 5.97 Å². The summed E-state index contributed by atoms with van der Waals surface area (Å²) in [5.41, 5.74) is 0. The van der Waals surface area contributed by atoms with E-state index in [1.807, 2.05) is 0 Å². The molecule has 114 valence electrons. The Labute approximate surface area is 124 Å². The van der Waals surface area contributed by atoms with Gasteiger partial charge in [0.05, 0.1) is 6.61 Å². The number of carbonyl (C=O) groups is 1. The summed E-state index contributed by atoms with van der Waals surface area (Å²) in [7, 11) is 0. The molecule has 0 aromatic carbocycles. The molecular weight excluding hydrogens is 260 g/mol. The van der Waals surface area contributed by atoms with Crippen LogP contribution in [0.2, 0.25) is 0 Å². The Morgan fingerprint density at radius 3 is 2.00 bits per heavy atom. The van der Waals surface area contributed by atoms with Crippen molar-refractivity contribution in [1.29, 1.82) is 0 Å². The van der Waals surface area contributed by atoms with Crippen molar-refractivity contribution in [2.45, 2.75) is 89.9 Å². The summed E-state index contributed by atoms with van der Waals surface area (Å²) in [6, 6.07) is 0. The zero-order valence-electron chi connectivity index (χ0n) is 12.8. The maximum atomic E-state index is 10.5. The minimum absolute atomic E-state index is 0.166. The van der Waals surface area contributed by atoms with Gasteiger partial charge in [-0.05, 0) is 19.3 Å². The van der Waals surface area contributed by atoms with Crippen LogP contribution in [0.5, 0.6) is 0 Å². The van der Waals surface area contributed by atoms with E-state index in [-0.39, 0.29) is 5.97 Å². The average molecular weight is 291 g/mol. The molecule has 0 aromatic rings. The predicted octanol–water partition coefficient (Wildman–Crippen LogP) is 5.47. The highest BCUT2D eigenvalue weighted by Crippen LogP contribution is 2.15. The average Bonchev–Trinajstić information content (AvgIpc) is 2.36. The summed E-state index contributed by atoms with van der Waals surface area (Å²) in [5, 5.41) is 0.395. The highest BCUT2D eigenvalue weighted by atomic mass is 35.5. The van der Waals surface area contributed by atoms with Gasteiger partial charge in [0, 0.05) is 12.3 Å². The summed E-state index contributed by atoms with van der Waals surface area (Å²) in [6.07, 6.45) is 13.5. The summed E-state index contributed by atoms with van der Waals surface area (Å²) in [4.78, 5) is 10.5. The van der Waals surface area contributed by atoms with E-state index in [0.717, 1.165) is 12.8 Å². The molecule has 0 fully saturated rings. The lowest BCUT2D eigenvalue weighted by Crippen LogP contribution is -2.00. The fourth-order valence-corrected chi connectivity index (χ4v) is 2.57. The largest absolute Gasteiger partial charge is 0.466 e. The van der Waals surface area contributed by atoms with E-state index < -0.39 is 0 Å². The Bertz CT molecular complexity index is 207. The van der Waals surface area contributed by atoms with E-state index in [2.05, 4.69) is 6.92 Å². The van der Waals surface area contributed by atoms with E-state index in [1.165, 1.54) is 64.7 Å². The van der Waals surface area contributed by atoms with Crippen LogP contribution in [0, 0.1) is 0 Å². The molecule has 0 rings (SSSR count). The van der Waals surface area contributed by atoms with E-state index in [1.54, 1.807) is 0 Å². The van der Waals surface area contributed by atoms with Crippen LogP contribution in [0.15, 0.2) is 0 Å². The van der Waals surface area contributed by atoms with Gasteiger partial charge in [0.2, 0.25) is 0 Å². The van der Waals surface area contributed by atoms with Gasteiger partial charge in [0.25, 0.3) is 0 Å². The van der Waals surface area contributed by atoms with Gasteiger partial charge < -0.3 is 4.74 Å². The fraction of sp³-hybridized carbons (Fsp3) is 0.938. The van der Waals surface area contributed by atoms with E-state index in [4.69, 9.17) is 16.3 Å². The van der Waals surface area contributed by atoms with Gasteiger partial charge in [-0.15, -0.1) is 11.6 Å². The topological polar surface area (TPSA) is 26.3 Å². The van der Waals surface area contributed by atoms with E-state index >= 15 is 0 Å². The van der Waals surface area contributed by atoms with Gasteiger partial charge in [0.15, 0.2) is 0 Å². The van der Waals surface area contributed by atoms with Crippen molar-refractivity contribution in [3.05, 3.63) is 0 Å². The molecule has 0 aliphatic carbocycles. The Morgan fingerprint density at radius 1 is 0.947 bits per heavy atom. The zero-order chi connectivity index (χ0) is 14.3. The van der Waals surface area contributed by atoms with Crippen LogP contribution < -0.4 is 0 Å². The first-order valence-corrected chi connectivity index (χ1v) is 8.38. The minimum Gasteiger partial charge on any atom is -0.466 e. The number of halogens is 1. The Hall–Kier alpha value is -0.240. The molecule has 0 bridgehead atoms. The van der Waals surface area contributed by atoms with Crippen molar-refractivity contribution in [1.82, 2.24) is 0 Å². The number of hydrogen-bond acceptors (Lipinski definition) is 2. The third-order valence-corrected chi connectivity index (χ3v) is 3.76. The molecule has 2 nitrogen and oxygen atoms in total. The van der Waals surface area contributed by atoms with Gasteiger partial charge in [-0.1, -0.05) is 58.3 Å². The van der Waals surface area contributed by atoms with Crippen molar-refractivity contribution < 1.29 is 9.53 Å². The molecule has 0 saturated heterocycles. The quantitative estimate of drug-likeness (QED) is 0.255. The first-order chi connectivity index (χ1) is 9.16. The van der Waals surface area contributed by atoms with E-state index in [9.17, 15) is 4.79 Å². The number of ether oxygens (including phenoxy) is 1. The molecule has 1 atom stereocenters. The molecular formula is C16H31ClO2. The maximum Gasteiger partial charge on any atom is 0.302 e. The van der Waals surface area contributed by atoms with Crippen LogP contribution in [0.25, 0.3) is 0 Å². The van der Waals surface area contributed by atoms with Crippen molar-refractivity contribution >= 4 is 17.6 Å². The Balaban J connectivity index is 3.04. The van der Waals surface area contributed by atoms with Crippen LogP contribution in [0.4, 0.5) is 0 Å². The summed E-state index contributed by atoms with van der Waals surface area (Å²) < 4.78 is 4.89. The lowest BCUT2D eigenvalue weighted by atomic mass is 10.1. The monoisotopic (exact) mass is 290 g/mol. The Kier molecular flexibility index (Phi) is 14.0. The summed E-state index contributed by atoms with van der Waals surface area (Å²) in [5.74, 6) is -0.166. The molecule has 0 aliphatic heterocycles. The number of alkyl halides is 1. The van der Waals surface area contributed by atoms with E-state index in [0.29, 0.717) is 12.0 Å². The molecule has 0 saturated carbocycles. The van der Waals surface area contributed by atoms with Crippen LogP contribution in [-0.4, -0.2) is 18.0 Å². The lowest BCUT2D eigenvalue weighted by Gasteiger charge is -2.07. The second-order valence-electron chi connectivity index (χ2n) is 5.34. The summed E-state index contributed by atoms with van der Waals surface area (Å²) in [6.45, 7) is 4.24. The van der Waals surface area contributed by atoms with Crippen molar-refractivity contribution in [3.8, 4) is 0 Å². The molecule has 1 unspecified atom stereocenters. The molecule has 0 aromatic heterocycles. The normalized spacial score (nSPS) is 12.4. The van der Waals surface area contributed by atoms with Crippen LogP contribution in [0.3, 0.4) is 0 Å². The summed E-state index contributed by atoms with van der Waals surface area (Å²) >= 11 is 6.18. The van der Waals surface area contributed by atoms with Crippen molar-refractivity contribution in [2.24, 2.45) is 0 Å². The number of carbonyl (C=O) groups excluding carboxylic acids is 1.